The Balaban J connectivity index is 0.000000591. The summed E-state index contributed by atoms with van der Waals surface area (Å²) in [6.07, 6.45) is 9.28. The molecule has 6 heteroatoms. The van der Waals surface area contributed by atoms with Crippen molar-refractivity contribution in [2.75, 3.05) is 0 Å². The fraction of sp³-hybridized carbons (Fsp3) is 0.708. The first kappa shape index (κ1) is 24.8. The van der Waals surface area contributed by atoms with Crippen molar-refractivity contribution in [2.45, 2.75) is 78.7 Å². The van der Waals surface area contributed by atoms with E-state index in [0.29, 0.717) is 30.6 Å². The molecule has 0 heterocycles. The third-order valence-electron chi connectivity index (χ3n) is 8.56. The van der Waals surface area contributed by atoms with E-state index in [1.54, 1.807) is 6.92 Å². The van der Waals surface area contributed by atoms with Crippen LogP contribution in [0.2, 0.25) is 0 Å². The van der Waals surface area contributed by atoms with Crippen molar-refractivity contribution in [3.8, 4) is 0 Å². The van der Waals surface area contributed by atoms with Gasteiger partial charge >= 0.3 is 0 Å². The number of Topliss-reactive ketones (excluding diaryl/α,β-unsaturated/α-hetero) is 1. The third kappa shape index (κ3) is 3.58. The van der Waals surface area contributed by atoms with Crippen molar-refractivity contribution in [3.63, 3.8) is 0 Å². The number of rotatable bonds is 1. The average molecular weight is 439 g/mol. The quantitative estimate of drug-likeness (QED) is 0.628. The Labute approximate surface area is 185 Å². The molecule has 168 valence electrons. The fourth-order valence-electron chi connectivity index (χ4n) is 7.01. The van der Waals surface area contributed by atoms with Gasteiger partial charge in [0, 0.05) is 18.8 Å². The highest BCUT2D eigenvalue weighted by Gasteiger charge is 2.65. The molecule has 0 amide bonds. The molecule has 0 aliphatic heterocycles. The molecule has 4 rings (SSSR count). The number of carbonyl (C=O) groups excluding carboxylic acids is 2. The highest BCUT2D eigenvalue weighted by atomic mass is 35.5. The molecule has 2 fully saturated rings. The summed E-state index contributed by atoms with van der Waals surface area (Å²) in [6.45, 7) is 9.26. The Morgan fingerprint density at radius 2 is 1.63 bits per heavy atom. The standard InChI is InChI=1S/C22H30O3.C2H4O2.ClH/c1-13-11-16-17(20(3)8-5-15(24)12-19(13)20)6-9-21(4)18(16)7-10-22(21,25)14(2)23;1-2(3)4;/h11-12,16-18,25H,5-10H2,1-4H3;1H3,(H,3,4);1H/t16-,17+,18+,20-,21+,22+;;/m1../s1. The van der Waals surface area contributed by atoms with Crippen LogP contribution in [0, 0.1) is 28.6 Å². The minimum atomic E-state index is -1.16. The summed E-state index contributed by atoms with van der Waals surface area (Å²) in [5, 5.41) is 18.6. The minimum absolute atomic E-state index is 0. The second kappa shape index (κ2) is 8.23. The summed E-state index contributed by atoms with van der Waals surface area (Å²) in [4.78, 5) is 33.3. The van der Waals surface area contributed by atoms with Crippen LogP contribution < -0.4 is 0 Å². The van der Waals surface area contributed by atoms with Gasteiger partial charge in [-0.25, -0.2) is 0 Å². The molecule has 5 nitrogen and oxygen atoms in total. The third-order valence-corrected chi connectivity index (χ3v) is 8.56. The van der Waals surface area contributed by atoms with Crippen molar-refractivity contribution in [3.05, 3.63) is 23.3 Å². The predicted molar refractivity (Wildman–Crippen MR) is 117 cm³/mol. The van der Waals surface area contributed by atoms with E-state index in [4.69, 9.17) is 9.90 Å². The van der Waals surface area contributed by atoms with Crippen LogP contribution in [0.5, 0.6) is 0 Å². The van der Waals surface area contributed by atoms with Crippen molar-refractivity contribution < 1.29 is 24.6 Å². The van der Waals surface area contributed by atoms with Gasteiger partial charge in [-0.15, -0.1) is 12.4 Å². The molecule has 30 heavy (non-hydrogen) atoms. The molecule has 4 aliphatic carbocycles. The van der Waals surface area contributed by atoms with Gasteiger partial charge in [0.05, 0.1) is 0 Å². The van der Waals surface area contributed by atoms with E-state index >= 15 is 0 Å². The molecule has 4 aliphatic rings. The van der Waals surface area contributed by atoms with Crippen LogP contribution in [0.4, 0.5) is 0 Å². The maximum absolute atomic E-state index is 12.3. The second-order valence-corrected chi connectivity index (χ2v) is 10.0. The van der Waals surface area contributed by atoms with Crippen LogP contribution in [0.1, 0.15) is 73.1 Å². The number of allylic oxidation sites excluding steroid dienone is 4. The van der Waals surface area contributed by atoms with Crippen LogP contribution in [-0.4, -0.2) is 33.3 Å². The Morgan fingerprint density at radius 1 is 1.07 bits per heavy atom. The van der Waals surface area contributed by atoms with E-state index in [-0.39, 0.29) is 34.8 Å². The highest BCUT2D eigenvalue weighted by molar-refractivity contribution is 5.92. The van der Waals surface area contributed by atoms with Crippen LogP contribution in [0.3, 0.4) is 0 Å². The Bertz CT molecular complexity index is 810. The summed E-state index contributed by atoms with van der Waals surface area (Å²) >= 11 is 0. The first-order valence-corrected chi connectivity index (χ1v) is 10.7. The molecule has 0 unspecified atom stereocenters. The smallest absolute Gasteiger partial charge is 0.300 e. The summed E-state index contributed by atoms with van der Waals surface area (Å²) in [5.74, 6) is 0.630. The van der Waals surface area contributed by atoms with Gasteiger partial charge in [0.2, 0.25) is 0 Å². The average Bonchev–Trinajstić information content (AvgIpc) is 2.89. The van der Waals surface area contributed by atoms with E-state index in [1.165, 1.54) is 11.1 Å². The first-order valence-electron chi connectivity index (χ1n) is 10.7. The minimum Gasteiger partial charge on any atom is -0.481 e. The van der Waals surface area contributed by atoms with Crippen molar-refractivity contribution in [1.29, 1.82) is 0 Å². The molecule has 0 aromatic carbocycles. The van der Waals surface area contributed by atoms with Gasteiger partial charge in [-0.3, -0.25) is 14.4 Å². The van der Waals surface area contributed by atoms with Gasteiger partial charge in [0.15, 0.2) is 11.6 Å². The normalized spacial score (nSPS) is 41.5. The van der Waals surface area contributed by atoms with Gasteiger partial charge in [-0.05, 0) is 80.8 Å². The molecule has 0 radical (unpaired) electrons. The van der Waals surface area contributed by atoms with Crippen molar-refractivity contribution in [2.24, 2.45) is 28.6 Å². The summed E-state index contributed by atoms with van der Waals surface area (Å²) < 4.78 is 0. The molecule has 0 saturated heterocycles. The molecule has 0 aromatic rings. The van der Waals surface area contributed by atoms with E-state index < -0.39 is 11.6 Å². The van der Waals surface area contributed by atoms with Gasteiger partial charge < -0.3 is 10.2 Å². The van der Waals surface area contributed by atoms with Crippen LogP contribution in [-0.2, 0) is 14.4 Å². The highest BCUT2D eigenvalue weighted by Crippen LogP contribution is 2.67. The lowest BCUT2D eigenvalue weighted by molar-refractivity contribution is -0.156. The van der Waals surface area contributed by atoms with Gasteiger partial charge in [-0.2, -0.15) is 0 Å². The second-order valence-electron chi connectivity index (χ2n) is 10.0. The molecule has 0 bridgehead atoms. The van der Waals surface area contributed by atoms with E-state index in [9.17, 15) is 14.7 Å². The summed E-state index contributed by atoms with van der Waals surface area (Å²) in [6, 6.07) is 0. The van der Waals surface area contributed by atoms with E-state index in [0.717, 1.165) is 32.6 Å². The zero-order valence-corrected chi connectivity index (χ0v) is 19.5. The molecule has 2 N–H and O–H groups in total. The van der Waals surface area contributed by atoms with Crippen LogP contribution in [0.15, 0.2) is 23.3 Å². The van der Waals surface area contributed by atoms with Gasteiger partial charge in [0.25, 0.3) is 5.97 Å². The Morgan fingerprint density at radius 3 is 2.20 bits per heavy atom. The largest absolute Gasteiger partial charge is 0.481 e. The number of carbonyl (C=O) groups is 3. The summed E-state index contributed by atoms with van der Waals surface area (Å²) in [5.41, 5.74) is 1.06. The number of carboxylic acid groups (broad SMARTS) is 1. The zero-order valence-electron chi connectivity index (χ0n) is 18.7. The molecule has 0 aromatic heterocycles. The predicted octanol–water partition coefficient (Wildman–Crippen LogP) is 4.52. The van der Waals surface area contributed by atoms with E-state index in [1.807, 2.05) is 6.08 Å². The number of halogens is 1. The van der Waals surface area contributed by atoms with E-state index in [2.05, 4.69) is 26.8 Å². The zero-order chi connectivity index (χ0) is 21.8. The number of carboxylic acids is 1. The lowest BCUT2D eigenvalue weighted by Crippen LogP contribution is -2.56. The van der Waals surface area contributed by atoms with Crippen molar-refractivity contribution >= 4 is 29.9 Å². The van der Waals surface area contributed by atoms with Gasteiger partial charge in [0.1, 0.15) is 5.60 Å². The Kier molecular flexibility index (Phi) is 6.81. The van der Waals surface area contributed by atoms with Crippen molar-refractivity contribution in [1.82, 2.24) is 0 Å². The maximum Gasteiger partial charge on any atom is 0.300 e. The van der Waals surface area contributed by atoms with Gasteiger partial charge in [-0.1, -0.05) is 25.5 Å². The fourth-order valence-corrected chi connectivity index (χ4v) is 7.01. The SMILES string of the molecule is CC(=O)O.CC(=O)[C@@]1(O)CC[C@H]2[C@@H]3C=C(C)C4=CC(=O)CC[C@]4(C)[C@H]3CC[C@@]21C.Cl. The molecule has 6 atom stereocenters. The topological polar surface area (TPSA) is 91.7 Å². The lowest BCUT2D eigenvalue weighted by Gasteiger charge is -2.57. The molecule has 0 spiro atoms. The molecular formula is C24H35ClO5. The number of hydrogen-bond donors (Lipinski definition) is 2. The van der Waals surface area contributed by atoms with Crippen LogP contribution >= 0.6 is 12.4 Å². The maximum atomic E-state index is 12.3. The number of aliphatic hydroxyl groups is 1. The Hall–Kier alpha value is -1.46. The number of aliphatic carboxylic acids is 1. The first-order chi connectivity index (χ1) is 13.4. The summed E-state index contributed by atoms with van der Waals surface area (Å²) in [7, 11) is 0. The number of ketones is 2. The monoisotopic (exact) mass is 438 g/mol. The van der Waals surface area contributed by atoms with Crippen LogP contribution in [0.25, 0.3) is 0 Å². The molecular weight excluding hydrogens is 404 g/mol. The molecule has 2 saturated carbocycles. The number of hydrogen-bond acceptors (Lipinski definition) is 4. The number of fused-ring (bicyclic) bond motifs is 5. The lowest BCUT2D eigenvalue weighted by atomic mass is 9.47.